The van der Waals surface area contributed by atoms with Crippen LogP contribution >= 0.6 is 15.9 Å². The summed E-state index contributed by atoms with van der Waals surface area (Å²) < 4.78 is 21.1. The zero-order chi connectivity index (χ0) is 32.5. The van der Waals surface area contributed by atoms with Gasteiger partial charge in [-0.1, -0.05) is 64.5 Å². The molecule has 2 heterocycles. The molecule has 1 spiro atoms. The summed E-state index contributed by atoms with van der Waals surface area (Å²) >= 11 is 3.40. The highest BCUT2D eigenvalue weighted by atomic mass is 79.9. The van der Waals surface area contributed by atoms with E-state index in [0.29, 0.717) is 10.2 Å². The topological polar surface area (TPSA) is 129 Å². The Morgan fingerprint density at radius 1 is 0.689 bits per heavy atom. The number of esters is 4. The van der Waals surface area contributed by atoms with Gasteiger partial charge in [-0.2, -0.15) is 0 Å². The molecule has 11 nitrogen and oxygen atoms in total. The Bertz CT molecular complexity index is 1780. The average molecular weight is 675 g/mol. The number of anilines is 2. The Balaban J connectivity index is 2.02. The number of hydrogen-bond donors (Lipinski definition) is 0. The lowest BCUT2D eigenvalue weighted by molar-refractivity contribution is -0.143. The minimum Gasteiger partial charge on any atom is -0.466 e. The second-order valence-electron chi connectivity index (χ2n) is 9.86. The van der Waals surface area contributed by atoms with Gasteiger partial charge >= 0.3 is 23.9 Å². The summed E-state index contributed by atoms with van der Waals surface area (Å²) in [6, 6.07) is 22.3. The lowest BCUT2D eigenvalue weighted by Crippen LogP contribution is -2.60. The number of hydrogen-bond acceptors (Lipinski definition) is 10. The summed E-state index contributed by atoms with van der Waals surface area (Å²) in [5.41, 5.74) is -3.05. The molecule has 1 amide bonds. The summed E-state index contributed by atoms with van der Waals surface area (Å²) in [7, 11) is 4.24. The van der Waals surface area contributed by atoms with Gasteiger partial charge in [0.2, 0.25) is 0 Å². The van der Waals surface area contributed by atoms with Gasteiger partial charge in [-0.15, -0.1) is 0 Å². The van der Waals surface area contributed by atoms with Crippen LogP contribution in [0.3, 0.4) is 0 Å². The predicted octanol–water partition coefficient (Wildman–Crippen LogP) is 3.95. The molecule has 12 heteroatoms. The van der Waals surface area contributed by atoms with Gasteiger partial charge in [-0.05, 0) is 35.9 Å². The maximum atomic E-state index is 15.3. The number of rotatable bonds is 7. The lowest BCUT2D eigenvalue weighted by atomic mass is 9.73. The standard InChI is InChI=1S/C33H27BrN2O9/c1-42-28(37)24-25(29(38)43-2)27(31(40)45-4)36(21-16-14-20(34)15-17-21)33(26(24)30(39)44-3)22-12-8-9-13-23(22)35(32(33)41)18-19-10-6-5-7-11-19/h5-17H,18H2,1-4H3. The van der Waals surface area contributed by atoms with Crippen molar-refractivity contribution < 1.29 is 42.9 Å². The van der Waals surface area contributed by atoms with E-state index in [1.807, 2.05) is 30.3 Å². The number of ether oxygens (including phenoxy) is 4. The van der Waals surface area contributed by atoms with E-state index in [9.17, 15) is 19.2 Å². The molecule has 0 bridgehead atoms. The normalized spacial score (nSPS) is 17.3. The number of methoxy groups -OCH3 is 4. The van der Waals surface area contributed by atoms with Crippen LogP contribution in [-0.2, 0) is 55.0 Å². The second-order valence-corrected chi connectivity index (χ2v) is 10.8. The minimum absolute atomic E-state index is 0.0652. The molecule has 3 aromatic carbocycles. The summed E-state index contributed by atoms with van der Waals surface area (Å²) in [5, 5.41) is 0. The van der Waals surface area contributed by atoms with Crippen LogP contribution in [0.4, 0.5) is 11.4 Å². The van der Waals surface area contributed by atoms with E-state index in [1.54, 1.807) is 48.5 Å². The van der Waals surface area contributed by atoms with E-state index in [1.165, 1.54) is 9.80 Å². The van der Waals surface area contributed by atoms with Crippen molar-refractivity contribution >= 4 is 57.1 Å². The fourth-order valence-corrected chi connectivity index (χ4v) is 6.06. The highest BCUT2D eigenvalue weighted by molar-refractivity contribution is 9.10. The lowest BCUT2D eigenvalue weighted by Gasteiger charge is -2.46. The van der Waals surface area contributed by atoms with E-state index in [4.69, 9.17) is 18.9 Å². The van der Waals surface area contributed by atoms with E-state index in [2.05, 4.69) is 15.9 Å². The molecule has 0 saturated heterocycles. The Labute approximate surface area is 266 Å². The number of nitrogens with zero attached hydrogens (tertiary/aromatic N) is 2. The van der Waals surface area contributed by atoms with Crippen LogP contribution in [0, 0.1) is 0 Å². The fourth-order valence-electron chi connectivity index (χ4n) is 5.79. The molecule has 2 aliphatic heterocycles. The first-order chi connectivity index (χ1) is 21.7. The van der Waals surface area contributed by atoms with Gasteiger partial charge in [0.05, 0.1) is 51.8 Å². The predicted molar refractivity (Wildman–Crippen MR) is 164 cm³/mol. The SMILES string of the molecule is COC(=O)C1=C(C(=O)OC)N(c2ccc(Br)cc2)C2(C(=O)N(Cc3ccccc3)c3ccccc32)C(C(=O)OC)=C1C(=O)OC. The molecule has 0 fully saturated rings. The molecule has 45 heavy (non-hydrogen) atoms. The number of fused-ring (bicyclic) bond motifs is 2. The van der Waals surface area contributed by atoms with E-state index in [-0.39, 0.29) is 17.8 Å². The Kier molecular flexibility index (Phi) is 8.60. The van der Waals surface area contributed by atoms with Crippen molar-refractivity contribution in [2.45, 2.75) is 12.1 Å². The highest BCUT2D eigenvalue weighted by Gasteiger charge is 2.65. The third-order valence-corrected chi connectivity index (χ3v) is 8.14. The van der Waals surface area contributed by atoms with Crippen molar-refractivity contribution in [2.24, 2.45) is 0 Å². The molecule has 0 saturated carbocycles. The molecule has 5 rings (SSSR count). The molecule has 3 aromatic rings. The molecule has 230 valence electrons. The Morgan fingerprint density at radius 2 is 1.24 bits per heavy atom. The molecule has 0 radical (unpaired) electrons. The molecule has 1 atom stereocenters. The molecule has 0 aliphatic carbocycles. The average Bonchev–Trinajstić information content (AvgIpc) is 3.30. The van der Waals surface area contributed by atoms with Crippen molar-refractivity contribution in [1.29, 1.82) is 0 Å². The van der Waals surface area contributed by atoms with Crippen molar-refractivity contribution in [1.82, 2.24) is 0 Å². The van der Waals surface area contributed by atoms with Crippen molar-refractivity contribution in [3.05, 3.63) is 117 Å². The number of halogens is 1. The summed E-state index contributed by atoms with van der Waals surface area (Å²) in [4.78, 5) is 73.0. The molecule has 0 N–H and O–H groups in total. The fraction of sp³-hybridized carbons (Fsp3) is 0.182. The maximum Gasteiger partial charge on any atom is 0.355 e. The van der Waals surface area contributed by atoms with Crippen molar-refractivity contribution in [2.75, 3.05) is 38.2 Å². The van der Waals surface area contributed by atoms with E-state index >= 15 is 4.79 Å². The third kappa shape index (κ3) is 4.87. The zero-order valence-corrected chi connectivity index (χ0v) is 26.2. The van der Waals surface area contributed by atoms with Gasteiger partial charge in [-0.3, -0.25) is 4.79 Å². The third-order valence-electron chi connectivity index (χ3n) is 7.61. The van der Waals surface area contributed by atoms with E-state index < -0.39 is 57.7 Å². The van der Waals surface area contributed by atoms with Crippen LogP contribution in [0.5, 0.6) is 0 Å². The Hall–Kier alpha value is -5.23. The van der Waals surface area contributed by atoms with Gasteiger partial charge in [0.15, 0.2) is 5.54 Å². The van der Waals surface area contributed by atoms with Crippen LogP contribution in [0.2, 0.25) is 0 Å². The first-order valence-electron chi connectivity index (χ1n) is 13.5. The molecular formula is C33H27BrN2O9. The maximum absolute atomic E-state index is 15.3. The van der Waals surface area contributed by atoms with Gasteiger partial charge in [0.25, 0.3) is 5.91 Å². The Morgan fingerprint density at radius 3 is 1.84 bits per heavy atom. The van der Waals surface area contributed by atoms with E-state index in [0.717, 1.165) is 34.0 Å². The van der Waals surface area contributed by atoms with Crippen LogP contribution < -0.4 is 9.80 Å². The van der Waals surface area contributed by atoms with Crippen LogP contribution in [0.1, 0.15) is 11.1 Å². The quantitative estimate of drug-likeness (QED) is 0.268. The summed E-state index contributed by atoms with van der Waals surface area (Å²) in [5.74, 6) is -5.25. The molecule has 1 unspecified atom stereocenters. The first kappa shape index (κ1) is 31.2. The van der Waals surface area contributed by atoms with Crippen molar-refractivity contribution in [3.8, 4) is 0 Å². The first-order valence-corrected chi connectivity index (χ1v) is 14.3. The number of carbonyl (C=O) groups excluding carboxylic acids is 5. The van der Waals surface area contributed by atoms with Gasteiger partial charge in [-0.25, -0.2) is 19.2 Å². The number of carbonyl (C=O) groups is 5. The van der Waals surface area contributed by atoms with Crippen LogP contribution in [0.25, 0.3) is 0 Å². The zero-order valence-electron chi connectivity index (χ0n) is 24.7. The summed E-state index contributed by atoms with van der Waals surface area (Å²) in [6.07, 6.45) is 0. The van der Waals surface area contributed by atoms with Gasteiger partial charge in [0, 0.05) is 15.7 Å². The molecule has 0 aromatic heterocycles. The summed E-state index contributed by atoms with van der Waals surface area (Å²) in [6.45, 7) is 0.0652. The molecule has 2 aliphatic rings. The minimum atomic E-state index is -2.27. The van der Waals surface area contributed by atoms with Crippen molar-refractivity contribution in [3.63, 3.8) is 0 Å². The molecular weight excluding hydrogens is 648 g/mol. The number of para-hydroxylation sites is 1. The highest BCUT2D eigenvalue weighted by Crippen LogP contribution is 2.56. The largest absolute Gasteiger partial charge is 0.466 e. The van der Waals surface area contributed by atoms with Gasteiger partial charge < -0.3 is 28.7 Å². The smallest absolute Gasteiger partial charge is 0.355 e. The second kappa shape index (κ2) is 12.4. The monoisotopic (exact) mass is 674 g/mol. The number of amides is 1. The number of benzene rings is 3. The van der Waals surface area contributed by atoms with Crippen LogP contribution in [-0.4, -0.2) is 58.2 Å². The van der Waals surface area contributed by atoms with Crippen LogP contribution in [0.15, 0.2) is 106 Å². The van der Waals surface area contributed by atoms with Gasteiger partial charge in [0.1, 0.15) is 11.3 Å².